The molecule has 2 amide bonds. The van der Waals surface area contributed by atoms with E-state index in [0.29, 0.717) is 11.3 Å². The van der Waals surface area contributed by atoms with Gasteiger partial charge in [0.25, 0.3) is 10.0 Å². The molecule has 0 unspecified atom stereocenters. The maximum atomic E-state index is 13.2. The van der Waals surface area contributed by atoms with Crippen LogP contribution in [0.4, 0.5) is 0 Å². The second-order valence-corrected chi connectivity index (χ2v) is 8.84. The Balaban J connectivity index is 1.86. The third-order valence-corrected chi connectivity index (χ3v) is 6.87. The van der Waals surface area contributed by atoms with Gasteiger partial charge in [-0.2, -0.15) is 0 Å². The molecule has 29 heavy (non-hydrogen) atoms. The summed E-state index contributed by atoms with van der Waals surface area (Å²) < 4.78 is 32.2. The van der Waals surface area contributed by atoms with Crippen LogP contribution >= 0.6 is 0 Å². The van der Waals surface area contributed by atoms with Crippen LogP contribution in [-0.4, -0.2) is 37.7 Å². The standard InChI is InChI=1S/C21H24N2O5S/c1-14-13-17(9-11-19(14)28-3)29(26,27)23-18(10-12-20(23)24)21(25)22-15(2)16-7-5-4-6-8-16/h4-9,11,13,15,18H,10,12H2,1-3H3,(H,22,25)/t15-,18-/m0/s1. The van der Waals surface area contributed by atoms with E-state index in [1.807, 2.05) is 37.3 Å². The lowest BCUT2D eigenvalue weighted by Crippen LogP contribution is -2.47. The number of hydrogen-bond donors (Lipinski definition) is 1. The number of benzene rings is 2. The Morgan fingerprint density at radius 2 is 1.90 bits per heavy atom. The van der Waals surface area contributed by atoms with Crippen LogP contribution < -0.4 is 10.1 Å². The maximum Gasteiger partial charge on any atom is 0.267 e. The van der Waals surface area contributed by atoms with Gasteiger partial charge in [0.15, 0.2) is 0 Å². The topological polar surface area (TPSA) is 92.8 Å². The molecular weight excluding hydrogens is 392 g/mol. The van der Waals surface area contributed by atoms with Gasteiger partial charge < -0.3 is 10.1 Å². The summed E-state index contributed by atoms with van der Waals surface area (Å²) in [5, 5.41) is 2.82. The van der Waals surface area contributed by atoms with Gasteiger partial charge in [-0.05, 0) is 49.6 Å². The Kier molecular flexibility index (Phi) is 5.93. The summed E-state index contributed by atoms with van der Waals surface area (Å²) >= 11 is 0. The molecule has 1 aliphatic heterocycles. The van der Waals surface area contributed by atoms with Gasteiger partial charge in [0.1, 0.15) is 11.8 Å². The summed E-state index contributed by atoms with van der Waals surface area (Å²) in [6, 6.07) is 12.3. The van der Waals surface area contributed by atoms with Crippen molar-refractivity contribution in [3.05, 3.63) is 59.7 Å². The minimum absolute atomic E-state index is 0.00612. The lowest BCUT2D eigenvalue weighted by Gasteiger charge is -2.25. The molecule has 0 aromatic heterocycles. The Bertz CT molecular complexity index is 1020. The third kappa shape index (κ3) is 4.12. The Hall–Kier alpha value is -2.87. The molecule has 7 nitrogen and oxygen atoms in total. The monoisotopic (exact) mass is 416 g/mol. The van der Waals surface area contributed by atoms with Crippen LogP contribution in [0.15, 0.2) is 53.4 Å². The SMILES string of the molecule is COc1ccc(S(=O)(=O)N2C(=O)CC[C@H]2C(=O)N[C@@H](C)c2ccccc2)cc1C. The van der Waals surface area contributed by atoms with Crippen LogP contribution in [0.3, 0.4) is 0 Å². The van der Waals surface area contributed by atoms with E-state index in [1.165, 1.54) is 25.3 Å². The molecule has 0 aliphatic carbocycles. The molecular formula is C21H24N2O5S. The first-order valence-electron chi connectivity index (χ1n) is 9.33. The van der Waals surface area contributed by atoms with Crippen LogP contribution in [0.1, 0.15) is 36.9 Å². The van der Waals surface area contributed by atoms with Crippen molar-refractivity contribution in [1.82, 2.24) is 9.62 Å². The van der Waals surface area contributed by atoms with Crippen molar-refractivity contribution in [2.75, 3.05) is 7.11 Å². The van der Waals surface area contributed by atoms with Crippen molar-refractivity contribution in [2.45, 2.75) is 43.7 Å². The molecule has 1 aliphatic rings. The summed E-state index contributed by atoms with van der Waals surface area (Å²) in [6.07, 6.45) is 0.159. The van der Waals surface area contributed by atoms with Crippen molar-refractivity contribution >= 4 is 21.8 Å². The highest BCUT2D eigenvalue weighted by molar-refractivity contribution is 7.89. The molecule has 1 heterocycles. The maximum absolute atomic E-state index is 13.2. The minimum atomic E-state index is -4.16. The van der Waals surface area contributed by atoms with Crippen LogP contribution in [0.5, 0.6) is 5.75 Å². The van der Waals surface area contributed by atoms with Gasteiger partial charge in [-0.15, -0.1) is 0 Å². The van der Waals surface area contributed by atoms with Crippen LogP contribution in [0.2, 0.25) is 0 Å². The van der Waals surface area contributed by atoms with Gasteiger partial charge in [0.05, 0.1) is 18.0 Å². The molecule has 2 atom stereocenters. The molecule has 2 aromatic rings. The Labute approximate surface area is 170 Å². The predicted molar refractivity (Wildman–Crippen MR) is 108 cm³/mol. The summed E-state index contributed by atoms with van der Waals surface area (Å²) in [5.41, 5.74) is 1.52. The van der Waals surface area contributed by atoms with Gasteiger partial charge in [0.2, 0.25) is 11.8 Å². The zero-order chi connectivity index (χ0) is 21.2. The quantitative estimate of drug-likeness (QED) is 0.781. The first-order valence-corrected chi connectivity index (χ1v) is 10.8. The average Bonchev–Trinajstić information content (AvgIpc) is 3.11. The molecule has 1 N–H and O–H groups in total. The number of hydrogen-bond acceptors (Lipinski definition) is 5. The highest BCUT2D eigenvalue weighted by Crippen LogP contribution is 2.30. The van der Waals surface area contributed by atoms with Gasteiger partial charge >= 0.3 is 0 Å². The molecule has 0 bridgehead atoms. The largest absolute Gasteiger partial charge is 0.496 e. The molecule has 0 saturated carbocycles. The first-order chi connectivity index (χ1) is 13.8. The Morgan fingerprint density at radius 1 is 1.21 bits per heavy atom. The van der Waals surface area contributed by atoms with E-state index in [0.717, 1.165) is 9.87 Å². The zero-order valence-corrected chi connectivity index (χ0v) is 17.4. The van der Waals surface area contributed by atoms with E-state index < -0.39 is 27.9 Å². The van der Waals surface area contributed by atoms with Crippen molar-refractivity contribution in [2.24, 2.45) is 0 Å². The van der Waals surface area contributed by atoms with E-state index >= 15 is 0 Å². The number of ether oxygens (including phenoxy) is 1. The normalized spacial score (nSPS) is 17.8. The van der Waals surface area contributed by atoms with E-state index in [2.05, 4.69) is 5.32 Å². The molecule has 2 aromatic carbocycles. The number of sulfonamides is 1. The van der Waals surface area contributed by atoms with Crippen molar-refractivity contribution in [3.8, 4) is 5.75 Å². The number of amides is 2. The fourth-order valence-electron chi connectivity index (χ4n) is 3.46. The molecule has 154 valence electrons. The third-order valence-electron chi connectivity index (χ3n) is 5.04. The minimum Gasteiger partial charge on any atom is -0.496 e. The predicted octanol–water partition coefficient (Wildman–Crippen LogP) is 2.56. The lowest BCUT2D eigenvalue weighted by molar-refractivity contribution is -0.131. The zero-order valence-electron chi connectivity index (χ0n) is 16.6. The molecule has 8 heteroatoms. The first kappa shape index (κ1) is 20.9. The smallest absolute Gasteiger partial charge is 0.267 e. The van der Waals surface area contributed by atoms with E-state index in [1.54, 1.807) is 6.92 Å². The van der Waals surface area contributed by atoms with Gasteiger partial charge in [-0.25, -0.2) is 12.7 Å². The van der Waals surface area contributed by atoms with Gasteiger partial charge in [-0.3, -0.25) is 9.59 Å². The van der Waals surface area contributed by atoms with E-state index in [-0.39, 0.29) is 23.8 Å². The summed E-state index contributed by atoms with van der Waals surface area (Å²) in [6.45, 7) is 3.53. The summed E-state index contributed by atoms with van der Waals surface area (Å²) in [5.74, 6) is -0.519. The summed E-state index contributed by atoms with van der Waals surface area (Å²) in [4.78, 5) is 25.2. The molecule has 1 fully saturated rings. The fourth-order valence-corrected chi connectivity index (χ4v) is 5.15. The number of nitrogens with one attached hydrogen (secondary N) is 1. The number of nitrogens with zero attached hydrogens (tertiary/aromatic N) is 1. The fraction of sp³-hybridized carbons (Fsp3) is 0.333. The Morgan fingerprint density at radius 3 is 2.52 bits per heavy atom. The number of carbonyl (C=O) groups excluding carboxylic acids is 2. The second-order valence-electron chi connectivity index (χ2n) is 7.02. The van der Waals surface area contributed by atoms with Crippen LogP contribution in [-0.2, 0) is 19.6 Å². The lowest BCUT2D eigenvalue weighted by atomic mass is 10.1. The number of methoxy groups -OCH3 is 1. The van der Waals surface area contributed by atoms with Gasteiger partial charge in [0, 0.05) is 6.42 Å². The molecule has 0 radical (unpaired) electrons. The van der Waals surface area contributed by atoms with Crippen LogP contribution in [0.25, 0.3) is 0 Å². The number of carbonyl (C=O) groups is 2. The number of aryl methyl sites for hydroxylation is 1. The summed E-state index contributed by atoms with van der Waals surface area (Å²) in [7, 11) is -2.67. The highest BCUT2D eigenvalue weighted by Gasteiger charge is 2.44. The van der Waals surface area contributed by atoms with Crippen molar-refractivity contribution in [1.29, 1.82) is 0 Å². The molecule has 3 rings (SSSR count). The molecule has 0 spiro atoms. The van der Waals surface area contributed by atoms with E-state index in [4.69, 9.17) is 4.74 Å². The highest BCUT2D eigenvalue weighted by atomic mass is 32.2. The second kappa shape index (κ2) is 8.24. The van der Waals surface area contributed by atoms with Crippen LogP contribution in [0, 0.1) is 6.92 Å². The molecule has 1 saturated heterocycles. The van der Waals surface area contributed by atoms with Gasteiger partial charge in [-0.1, -0.05) is 30.3 Å². The van der Waals surface area contributed by atoms with Crippen molar-refractivity contribution < 1.29 is 22.7 Å². The van der Waals surface area contributed by atoms with E-state index in [9.17, 15) is 18.0 Å². The average molecular weight is 416 g/mol. The van der Waals surface area contributed by atoms with Crippen molar-refractivity contribution in [3.63, 3.8) is 0 Å². The number of rotatable bonds is 6.